The van der Waals surface area contributed by atoms with Crippen LogP contribution in [-0.2, 0) is 29.9 Å². The van der Waals surface area contributed by atoms with Gasteiger partial charge < -0.3 is 19.2 Å². The molecular weight excluding hydrogens is 422 g/mol. The molecule has 0 saturated heterocycles. The second kappa shape index (κ2) is 11.1. The standard InChI is InChI=1S/C25H37NO5Si/c1-18(31-32(6,7)25(2,3)4)23(27)26-22(24(28)30-15-14-29-5)17-19-12-13-20-10-8-9-11-21(20)16-19/h8-13,16,18,22H,14-15,17H2,1-7H3,(H,26,27). The van der Waals surface area contributed by atoms with Crippen LogP contribution >= 0.6 is 0 Å². The van der Waals surface area contributed by atoms with Gasteiger partial charge in [-0.25, -0.2) is 4.79 Å². The van der Waals surface area contributed by atoms with Crippen molar-refractivity contribution in [2.24, 2.45) is 0 Å². The zero-order valence-corrected chi connectivity index (χ0v) is 21.4. The van der Waals surface area contributed by atoms with Gasteiger partial charge in [0.1, 0.15) is 18.8 Å². The van der Waals surface area contributed by atoms with Gasteiger partial charge >= 0.3 is 5.97 Å². The first-order valence-corrected chi connectivity index (χ1v) is 14.0. The fraction of sp³-hybridized carbons (Fsp3) is 0.520. The number of amides is 1. The molecule has 2 aromatic carbocycles. The topological polar surface area (TPSA) is 73.9 Å². The second-order valence-electron chi connectivity index (χ2n) is 9.63. The Bertz CT molecular complexity index is 922. The Balaban J connectivity index is 2.16. The molecule has 0 fully saturated rings. The van der Waals surface area contributed by atoms with Crippen molar-refractivity contribution in [3.05, 3.63) is 48.0 Å². The van der Waals surface area contributed by atoms with Gasteiger partial charge in [0.05, 0.1) is 6.61 Å². The zero-order chi connectivity index (χ0) is 23.9. The van der Waals surface area contributed by atoms with Crippen molar-refractivity contribution in [3.63, 3.8) is 0 Å². The monoisotopic (exact) mass is 459 g/mol. The fourth-order valence-corrected chi connectivity index (χ4v) is 4.43. The first-order chi connectivity index (χ1) is 14.9. The summed E-state index contributed by atoms with van der Waals surface area (Å²) in [7, 11) is -0.589. The van der Waals surface area contributed by atoms with E-state index in [1.54, 1.807) is 14.0 Å². The summed E-state index contributed by atoms with van der Waals surface area (Å²) in [5, 5.41) is 5.04. The van der Waals surface area contributed by atoms with Gasteiger partial charge in [-0.1, -0.05) is 63.2 Å². The van der Waals surface area contributed by atoms with E-state index in [4.69, 9.17) is 13.9 Å². The van der Waals surface area contributed by atoms with Gasteiger partial charge in [0, 0.05) is 13.5 Å². The Kier molecular flexibility index (Phi) is 9.01. The van der Waals surface area contributed by atoms with E-state index in [2.05, 4.69) is 39.2 Å². The number of carbonyl (C=O) groups is 2. The van der Waals surface area contributed by atoms with Crippen molar-refractivity contribution >= 4 is 31.0 Å². The van der Waals surface area contributed by atoms with Crippen LogP contribution in [0.1, 0.15) is 33.3 Å². The number of ether oxygens (including phenoxy) is 2. The van der Waals surface area contributed by atoms with Gasteiger partial charge in [-0.2, -0.15) is 0 Å². The zero-order valence-electron chi connectivity index (χ0n) is 20.4. The van der Waals surface area contributed by atoms with Crippen LogP contribution in [0.5, 0.6) is 0 Å². The molecular formula is C25H37NO5Si. The minimum atomic E-state index is -2.13. The highest BCUT2D eigenvalue weighted by atomic mass is 28.4. The van der Waals surface area contributed by atoms with Crippen molar-refractivity contribution in [2.75, 3.05) is 20.3 Å². The van der Waals surface area contributed by atoms with Crippen LogP contribution in [0.15, 0.2) is 42.5 Å². The lowest BCUT2D eigenvalue weighted by atomic mass is 10.0. The molecule has 32 heavy (non-hydrogen) atoms. The van der Waals surface area contributed by atoms with Gasteiger partial charge in [0.15, 0.2) is 8.32 Å². The van der Waals surface area contributed by atoms with Gasteiger partial charge in [-0.15, -0.1) is 0 Å². The molecule has 0 aliphatic rings. The minimum absolute atomic E-state index is 0.0227. The van der Waals surface area contributed by atoms with Crippen LogP contribution in [0.3, 0.4) is 0 Å². The highest BCUT2D eigenvalue weighted by Crippen LogP contribution is 2.37. The maximum absolute atomic E-state index is 12.9. The maximum atomic E-state index is 12.9. The SMILES string of the molecule is COCCOC(=O)C(Cc1ccc2ccccc2c1)NC(=O)C(C)O[Si](C)(C)C(C)(C)C. The average Bonchev–Trinajstić information content (AvgIpc) is 2.72. The molecule has 176 valence electrons. The van der Waals surface area contributed by atoms with Gasteiger partial charge in [0.2, 0.25) is 5.91 Å². The summed E-state index contributed by atoms with van der Waals surface area (Å²) >= 11 is 0. The van der Waals surface area contributed by atoms with Crippen LogP contribution in [0, 0.1) is 0 Å². The molecule has 0 spiro atoms. The molecule has 1 N–H and O–H groups in total. The molecule has 2 rings (SSSR count). The summed E-state index contributed by atoms with van der Waals surface area (Å²) in [5.41, 5.74) is 0.940. The molecule has 2 aromatic rings. The first-order valence-electron chi connectivity index (χ1n) is 11.1. The summed E-state index contributed by atoms with van der Waals surface area (Å²) in [6.07, 6.45) is -0.336. The normalized spacial score (nSPS) is 14.1. The summed E-state index contributed by atoms with van der Waals surface area (Å²) in [5.74, 6) is -0.799. The molecule has 0 saturated carbocycles. The van der Waals surface area contributed by atoms with Crippen molar-refractivity contribution in [2.45, 2.75) is 64.4 Å². The maximum Gasteiger partial charge on any atom is 0.329 e. The smallest absolute Gasteiger partial charge is 0.329 e. The Morgan fingerprint density at radius 2 is 1.69 bits per heavy atom. The lowest BCUT2D eigenvalue weighted by Crippen LogP contribution is -2.51. The van der Waals surface area contributed by atoms with E-state index in [9.17, 15) is 9.59 Å². The molecule has 7 heteroatoms. The molecule has 0 bridgehead atoms. The number of rotatable bonds is 10. The molecule has 0 aromatic heterocycles. The summed E-state index contributed by atoms with van der Waals surface area (Å²) in [6, 6.07) is 13.2. The molecule has 2 atom stereocenters. The number of fused-ring (bicyclic) bond motifs is 1. The van der Waals surface area contributed by atoms with E-state index in [1.165, 1.54) is 0 Å². The predicted octanol–water partition coefficient (Wildman–Crippen LogP) is 4.47. The molecule has 0 aliphatic carbocycles. The molecule has 0 aliphatic heterocycles. The predicted molar refractivity (Wildman–Crippen MR) is 130 cm³/mol. The summed E-state index contributed by atoms with van der Waals surface area (Å²) < 4.78 is 16.5. The van der Waals surface area contributed by atoms with E-state index in [-0.39, 0.29) is 17.6 Å². The summed E-state index contributed by atoms with van der Waals surface area (Å²) in [4.78, 5) is 25.7. The van der Waals surface area contributed by atoms with Crippen LogP contribution in [0.25, 0.3) is 10.8 Å². The van der Waals surface area contributed by atoms with Crippen LogP contribution in [0.2, 0.25) is 18.1 Å². The van der Waals surface area contributed by atoms with Gasteiger partial charge in [0.25, 0.3) is 0 Å². The van der Waals surface area contributed by atoms with E-state index in [1.807, 2.05) is 42.5 Å². The van der Waals surface area contributed by atoms with Crippen molar-refractivity contribution in [1.29, 1.82) is 0 Å². The number of benzene rings is 2. The van der Waals surface area contributed by atoms with E-state index >= 15 is 0 Å². The highest BCUT2D eigenvalue weighted by molar-refractivity contribution is 6.74. The summed E-state index contributed by atoms with van der Waals surface area (Å²) in [6.45, 7) is 12.7. The van der Waals surface area contributed by atoms with Crippen LogP contribution in [-0.4, -0.2) is 52.7 Å². The minimum Gasteiger partial charge on any atom is -0.462 e. The number of carbonyl (C=O) groups excluding carboxylic acids is 2. The lowest BCUT2D eigenvalue weighted by Gasteiger charge is -2.38. The third-order valence-electron chi connectivity index (χ3n) is 6.03. The molecule has 1 amide bonds. The number of hydrogen-bond acceptors (Lipinski definition) is 5. The second-order valence-corrected chi connectivity index (χ2v) is 14.4. The lowest BCUT2D eigenvalue weighted by molar-refractivity contribution is -0.149. The number of nitrogens with one attached hydrogen (secondary N) is 1. The third kappa shape index (κ3) is 7.15. The van der Waals surface area contributed by atoms with E-state index in [0.29, 0.717) is 13.0 Å². The molecule has 0 heterocycles. The molecule has 6 nitrogen and oxygen atoms in total. The van der Waals surface area contributed by atoms with Crippen molar-refractivity contribution < 1.29 is 23.5 Å². The van der Waals surface area contributed by atoms with Crippen LogP contribution < -0.4 is 5.32 Å². The van der Waals surface area contributed by atoms with Gasteiger partial charge in [-0.05, 0) is 41.4 Å². The fourth-order valence-electron chi connectivity index (χ4n) is 3.08. The number of esters is 1. The van der Waals surface area contributed by atoms with Crippen molar-refractivity contribution in [3.8, 4) is 0 Å². The van der Waals surface area contributed by atoms with E-state index in [0.717, 1.165) is 16.3 Å². The molecule has 2 unspecified atom stereocenters. The largest absolute Gasteiger partial charge is 0.462 e. The molecule has 0 radical (unpaired) electrons. The first kappa shape index (κ1) is 26.0. The van der Waals surface area contributed by atoms with Crippen LogP contribution in [0.4, 0.5) is 0 Å². The Hall–Kier alpha value is -2.22. The van der Waals surface area contributed by atoms with E-state index < -0.39 is 26.4 Å². The Morgan fingerprint density at radius 1 is 1.03 bits per heavy atom. The van der Waals surface area contributed by atoms with Crippen molar-refractivity contribution in [1.82, 2.24) is 5.32 Å². The third-order valence-corrected chi connectivity index (χ3v) is 10.6. The number of methoxy groups -OCH3 is 1. The van der Waals surface area contributed by atoms with Gasteiger partial charge in [-0.3, -0.25) is 4.79 Å². The average molecular weight is 460 g/mol. The quantitative estimate of drug-likeness (QED) is 0.322. The highest BCUT2D eigenvalue weighted by Gasteiger charge is 2.40. The number of hydrogen-bond donors (Lipinski definition) is 1. The Morgan fingerprint density at radius 3 is 2.31 bits per heavy atom. The Labute approximate surface area is 192 Å².